The molecule has 0 aliphatic carbocycles. The van der Waals surface area contributed by atoms with Crippen LogP contribution in [0.5, 0.6) is 0 Å². The summed E-state index contributed by atoms with van der Waals surface area (Å²) in [4.78, 5) is 10.4. The van der Waals surface area contributed by atoms with E-state index in [1.54, 1.807) is 6.07 Å². The number of hydrogen-bond acceptors (Lipinski definition) is 4. The van der Waals surface area contributed by atoms with Crippen molar-refractivity contribution in [2.24, 2.45) is 5.92 Å². The molecule has 0 amide bonds. The molecule has 0 aromatic heterocycles. The maximum atomic E-state index is 10.8. The van der Waals surface area contributed by atoms with E-state index >= 15 is 0 Å². The molecule has 0 aliphatic rings. The van der Waals surface area contributed by atoms with Gasteiger partial charge in [-0.3, -0.25) is 10.1 Å². The first-order valence-electron chi connectivity index (χ1n) is 5.15. The molecular formula is C11H16N2O3. The zero-order valence-corrected chi connectivity index (χ0v) is 9.43. The summed E-state index contributed by atoms with van der Waals surface area (Å²) in [6, 6.07) is 4.95. The molecule has 1 rings (SSSR count). The Kier molecular flexibility index (Phi) is 4.25. The number of aliphatic hydroxyl groups excluding tert-OH is 1. The molecule has 1 aromatic rings. The number of para-hydroxylation sites is 1. The van der Waals surface area contributed by atoms with Crippen LogP contribution in [0.3, 0.4) is 0 Å². The van der Waals surface area contributed by atoms with Gasteiger partial charge in [0.15, 0.2) is 0 Å². The number of benzene rings is 1. The van der Waals surface area contributed by atoms with E-state index in [1.807, 2.05) is 19.9 Å². The molecule has 1 unspecified atom stereocenters. The Morgan fingerprint density at radius 2 is 2.25 bits per heavy atom. The highest BCUT2D eigenvalue weighted by Gasteiger charge is 2.15. The quantitative estimate of drug-likeness (QED) is 0.592. The molecule has 16 heavy (non-hydrogen) atoms. The second-order valence-electron chi connectivity index (χ2n) is 3.89. The van der Waals surface area contributed by atoms with E-state index in [2.05, 4.69) is 5.32 Å². The third-order valence-electron chi connectivity index (χ3n) is 2.39. The normalized spacial score (nSPS) is 12.2. The monoisotopic (exact) mass is 224 g/mol. The zero-order valence-electron chi connectivity index (χ0n) is 9.43. The molecule has 1 atom stereocenters. The van der Waals surface area contributed by atoms with Crippen molar-refractivity contribution in [3.8, 4) is 0 Å². The summed E-state index contributed by atoms with van der Waals surface area (Å²) in [6.45, 7) is 4.27. The van der Waals surface area contributed by atoms with Gasteiger partial charge in [0.05, 0.1) is 4.92 Å². The van der Waals surface area contributed by atoms with E-state index in [1.165, 1.54) is 6.07 Å². The molecule has 1 aromatic carbocycles. The molecule has 0 heterocycles. The fourth-order valence-electron chi connectivity index (χ4n) is 1.38. The third-order valence-corrected chi connectivity index (χ3v) is 2.39. The smallest absolute Gasteiger partial charge is 0.292 e. The predicted molar refractivity (Wildman–Crippen MR) is 62.6 cm³/mol. The number of aryl methyl sites for hydroxylation is 1. The maximum Gasteiger partial charge on any atom is 0.292 e. The van der Waals surface area contributed by atoms with E-state index in [0.29, 0.717) is 12.2 Å². The van der Waals surface area contributed by atoms with E-state index < -0.39 is 4.92 Å². The summed E-state index contributed by atoms with van der Waals surface area (Å²) in [5.74, 6) is 0.0687. The number of nitro groups is 1. The summed E-state index contributed by atoms with van der Waals surface area (Å²) in [5.41, 5.74) is 1.44. The Morgan fingerprint density at radius 1 is 1.56 bits per heavy atom. The first-order chi connectivity index (χ1) is 7.56. The van der Waals surface area contributed by atoms with Crippen LogP contribution in [0, 0.1) is 23.0 Å². The standard InChI is InChI=1S/C11H16N2O3/c1-8(7-14)6-12-11-9(2)4-3-5-10(11)13(15)16/h3-5,8,12,14H,6-7H2,1-2H3. The Balaban J connectivity index is 2.88. The van der Waals surface area contributed by atoms with Crippen molar-refractivity contribution >= 4 is 11.4 Å². The van der Waals surface area contributed by atoms with Crippen LogP contribution in [0.4, 0.5) is 11.4 Å². The Bertz CT molecular complexity index is 379. The van der Waals surface area contributed by atoms with Gasteiger partial charge in [-0.2, -0.15) is 0 Å². The van der Waals surface area contributed by atoms with Gasteiger partial charge in [-0.05, 0) is 18.4 Å². The Hall–Kier alpha value is -1.62. The van der Waals surface area contributed by atoms with Gasteiger partial charge in [0.25, 0.3) is 5.69 Å². The van der Waals surface area contributed by atoms with Crippen molar-refractivity contribution in [1.29, 1.82) is 0 Å². The average molecular weight is 224 g/mol. The maximum absolute atomic E-state index is 10.8. The van der Waals surface area contributed by atoms with E-state index in [4.69, 9.17) is 5.11 Å². The predicted octanol–water partition coefficient (Wildman–Crippen LogP) is 1.94. The average Bonchev–Trinajstić information content (AvgIpc) is 2.26. The van der Waals surface area contributed by atoms with Crippen LogP contribution in [0.1, 0.15) is 12.5 Å². The third kappa shape index (κ3) is 2.93. The molecular weight excluding hydrogens is 208 g/mol. The van der Waals surface area contributed by atoms with Crippen molar-refractivity contribution in [2.45, 2.75) is 13.8 Å². The minimum Gasteiger partial charge on any atom is -0.396 e. The summed E-state index contributed by atoms with van der Waals surface area (Å²) >= 11 is 0. The van der Waals surface area contributed by atoms with E-state index in [-0.39, 0.29) is 18.2 Å². The number of nitro benzene ring substituents is 1. The largest absolute Gasteiger partial charge is 0.396 e. The topological polar surface area (TPSA) is 75.4 Å². The van der Waals surface area contributed by atoms with Gasteiger partial charge in [0, 0.05) is 19.2 Å². The van der Waals surface area contributed by atoms with Crippen molar-refractivity contribution in [3.05, 3.63) is 33.9 Å². The summed E-state index contributed by atoms with van der Waals surface area (Å²) in [5, 5.41) is 22.7. The molecule has 0 saturated heterocycles. The van der Waals surface area contributed by atoms with Gasteiger partial charge >= 0.3 is 0 Å². The fraction of sp³-hybridized carbons (Fsp3) is 0.455. The highest BCUT2D eigenvalue weighted by Crippen LogP contribution is 2.27. The van der Waals surface area contributed by atoms with Gasteiger partial charge < -0.3 is 10.4 Å². The number of aliphatic hydroxyl groups is 1. The SMILES string of the molecule is Cc1cccc([N+](=O)[O-])c1NCC(C)CO. The van der Waals surface area contributed by atoms with Crippen LogP contribution in [0.15, 0.2) is 18.2 Å². The van der Waals surface area contributed by atoms with Crippen LogP contribution in [0.2, 0.25) is 0 Å². The van der Waals surface area contributed by atoms with Crippen LogP contribution >= 0.6 is 0 Å². The van der Waals surface area contributed by atoms with Crippen LogP contribution in [0.25, 0.3) is 0 Å². The lowest BCUT2D eigenvalue weighted by atomic mass is 10.1. The first kappa shape index (κ1) is 12.4. The van der Waals surface area contributed by atoms with Gasteiger partial charge in [-0.1, -0.05) is 19.1 Å². The molecule has 5 nitrogen and oxygen atoms in total. The molecule has 5 heteroatoms. The van der Waals surface area contributed by atoms with Gasteiger partial charge in [-0.15, -0.1) is 0 Å². The molecule has 0 aliphatic heterocycles. The molecule has 88 valence electrons. The van der Waals surface area contributed by atoms with Gasteiger partial charge in [0.1, 0.15) is 5.69 Å². The van der Waals surface area contributed by atoms with Crippen LogP contribution < -0.4 is 5.32 Å². The summed E-state index contributed by atoms with van der Waals surface area (Å²) < 4.78 is 0. The highest BCUT2D eigenvalue weighted by atomic mass is 16.6. The Morgan fingerprint density at radius 3 is 2.81 bits per heavy atom. The highest BCUT2D eigenvalue weighted by molar-refractivity contribution is 5.65. The number of hydrogen-bond donors (Lipinski definition) is 2. The minimum absolute atomic E-state index is 0.0622. The second-order valence-corrected chi connectivity index (χ2v) is 3.89. The van der Waals surface area contributed by atoms with Crippen molar-refractivity contribution in [2.75, 3.05) is 18.5 Å². The Labute approximate surface area is 94.3 Å². The van der Waals surface area contributed by atoms with Crippen molar-refractivity contribution in [1.82, 2.24) is 0 Å². The summed E-state index contributed by atoms with van der Waals surface area (Å²) in [6.07, 6.45) is 0. The fourth-order valence-corrected chi connectivity index (χ4v) is 1.38. The number of rotatable bonds is 5. The number of nitrogens with one attached hydrogen (secondary N) is 1. The lowest BCUT2D eigenvalue weighted by Crippen LogP contribution is -2.15. The van der Waals surface area contributed by atoms with E-state index in [9.17, 15) is 10.1 Å². The van der Waals surface area contributed by atoms with Crippen molar-refractivity contribution in [3.63, 3.8) is 0 Å². The van der Waals surface area contributed by atoms with E-state index in [0.717, 1.165) is 5.56 Å². The molecule has 0 spiro atoms. The number of anilines is 1. The molecule has 0 fully saturated rings. The van der Waals surface area contributed by atoms with Crippen LogP contribution in [-0.4, -0.2) is 23.2 Å². The minimum atomic E-state index is -0.404. The van der Waals surface area contributed by atoms with Crippen molar-refractivity contribution < 1.29 is 10.0 Å². The molecule has 2 N–H and O–H groups in total. The zero-order chi connectivity index (χ0) is 12.1. The molecule has 0 bridgehead atoms. The molecule has 0 radical (unpaired) electrons. The lowest BCUT2D eigenvalue weighted by molar-refractivity contribution is -0.384. The lowest BCUT2D eigenvalue weighted by Gasteiger charge is -2.12. The van der Waals surface area contributed by atoms with Crippen LogP contribution in [-0.2, 0) is 0 Å². The van der Waals surface area contributed by atoms with Gasteiger partial charge in [-0.25, -0.2) is 0 Å². The second kappa shape index (κ2) is 5.46. The first-order valence-corrected chi connectivity index (χ1v) is 5.15. The number of nitrogens with zero attached hydrogens (tertiary/aromatic N) is 1. The van der Waals surface area contributed by atoms with Gasteiger partial charge in [0.2, 0.25) is 0 Å². The summed E-state index contributed by atoms with van der Waals surface area (Å²) in [7, 11) is 0. The molecule has 0 saturated carbocycles.